The summed E-state index contributed by atoms with van der Waals surface area (Å²) >= 11 is 6.56. The van der Waals surface area contributed by atoms with Crippen LogP contribution >= 0.6 is 11.6 Å². The molecule has 0 saturated heterocycles. The van der Waals surface area contributed by atoms with Crippen molar-refractivity contribution in [1.29, 1.82) is 0 Å². The Balaban J connectivity index is 1.48. The third kappa shape index (κ3) is 3.58. The molecule has 5 heteroatoms. The van der Waals surface area contributed by atoms with E-state index in [-0.39, 0.29) is 0 Å². The van der Waals surface area contributed by atoms with Gasteiger partial charge in [-0.15, -0.1) is 0 Å². The van der Waals surface area contributed by atoms with Gasteiger partial charge in [-0.25, -0.2) is 15.0 Å². The number of hydrogen-bond donors (Lipinski definition) is 0. The van der Waals surface area contributed by atoms with Crippen LogP contribution in [0.15, 0.2) is 113 Å². The second-order valence-electron chi connectivity index (χ2n) is 8.99. The maximum absolute atomic E-state index is 6.56. The summed E-state index contributed by atoms with van der Waals surface area (Å²) in [5.41, 5.74) is 5.53. The van der Waals surface area contributed by atoms with E-state index in [1.54, 1.807) is 0 Å². The van der Waals surface area contributed by atoms with Crippen molar-refractivity contribution >= 4 is 39.1 Å². The molecule has 0 bridgehead atoms. The molecule has 36 heavy (non-hydrogen) atoms. The zero-order valence-corrected chi connectivity index (χ0v) is 20.0. The quantitative estimate of drug-likeness (QED) is 0.258. The predicted octanol–water partition coefficient (Wildman–Crippen LogP) is 8.21. The molecule has 5 aromatic rings. The van der Waals surface area contributed by atoms with Crippen LogP contribution in [0.4, 0.5) is 0 Å². The standard InChI is InChI=1S/C31H20ClN3O/c32-23-17-25(28-24-12-6-7-13-26(24)36-27(28)18-23)31-34-29(20-9-2-1-3-10-20)33-30(35-31)22-15-14-19-8-4-5-11-21(19)16-22/h1-13,15-19H,14H2. The van der Waals surface area contributed by atoms with Crippen LogP contribution in [0.5, 0.6) is 0 Å². The Morgan fingerprint density at radius 3 is 2.53 bits per heavy atom. The molecule has 0 N–H and O–H groups in total. The van der Waals surface area contributed by atoms with Gasteiger partial charge in [0.15, 0.2) is 17.5 Å². The lowest BCUT2D eigenvalue weighted by atomic mass is 9.85. The Hall–Kier alpha value is -4.28. The average molecular weight is 486 g/mol. The van der Waals surface area contributed by atoms with Crippen molar-refractivity contribution < 1.29 is 4.42 Å². The summed E-state index contributed by atoms with van der Waals surface area (Å²) in [5, 5.41) is 2.52. The molecular weight excluding hydrogens is 466 g/mol. The van der Waals surface area contributed by atoms with Crippen LogP contribution in [-0.4, -0.2) is 15.0 Å². The van der Waals surface area contributed by atoms with Crippen molar-refractivity contribution in [1.82, 2.24) is 15.0 Å². The molecule has 172 valence electrons. The fraction of sp³-hybridized carbons (Fsp3) is 0.0645. The summed E-state index contributed by atoms with van der Waals surface area (Å²) in [6.07, 6.45) is 13.9. The number of nitrogens with zero attached hydrogens (tertiary/aromatic N) is 3. The first-order valence-electron chi connectivity index (χ1n) is 11.9. The molecule has 0 radical (unpaired) electrons. The summed E-state index contributed by atoms with van der Waals surface area (Å²) in [4.78, 5) is 14.8. The van der Waals surface area contributed by atoms with E-state index in [1.807, 2.05) is 60.7 Å². The first kappa shape index (κ1) is 21.0. The summed E-state index contributed by atoms with van der Waals surface area (Å²) in [7, 11) is 0. The third-order valence-corrected chi connectivity index (χ3v) is 6.91. The first-order chi connectivity index (χ1) is 17.7. The lowest BCUT2D eigenvalue weighted by Gasteiger charge is -2.20. The molecule has 4 nitrogen and oxygen atoms in total. The minimum atomic E-state index is 0.401. The molecule has 0 amide bonds. The largest absolute Gasteiger partial charge is 0.456 e. The van der Waals surface area contributed by atoms with Gasteiger partial charge in [-0.1, -0.05) is 90.5 Å². The first-order valence-corrected chi connectivity index (χ1v) is 12.3. The molecule has 3 aromatic carbocycles. The van der Waals surface area contributed by atoms with Gasteiger partial charge in [0, 0.05) is 44.5 Å². The Bertz CT molecular complexity index is 1780. The Kier molecular flexibility index (Phi) is 4.93. The van der Waals surface area contributed by atoms with Crippen molar-refractivity contribution in [3.63, 3.8) is 0 Å². The number of furan rings is 1. The number of hydrogen-bond acceptors (Lipinski definition) is 4. The molecule has 2 aliphatic rings. The van der Waals surface area contributed by atoms with Crippen LogP contribution in [0.2, 0.25) is 5.02 Å². The van der Waals surface area contributed by atoms with Crippen LogP contribution < -0.4 is 0 Å². The van der Waals surface area contributed by atoms with Crippen LogP contribution in [0.3, 0.4) is 0 Å². The summed E-state index contributed by atoms with van der Waals surface area (Å²) in [6, 6.07) is 21.7. The van der Waals surface area contributed by atoms with Crippen LogP contribution in [0.1, 0.15) is 12.2 Å². The Morgan fingerprint density at radius 2 is 1.61 bits per heavy atom. The normalized spacial score (nSPS) is 16.8. The van der Waals surface area contributed by atoms with E-state index in [2.05, 4.69) is 42.5 Å². The van der Waals surface area contributed by atoms with E-state index >= 15 is 0 Å². The van der Waals surface area contributed by atoms with E-state index in [0.29, 0.717) is 34.0 Å². The highest BCUT2D eigenvalue weighted by atomic mass is 35.5. The SMILES string of the molecule is Clc1cc(-c2nc(C3=CCC4C=CC=CC4=C3)nc(-c3ccccc3)n2)c2c(c1)oc1ccccc12. The number of fused-ring (bicyclic) bond motifs is 4. The molecular formula is C31H20ClN3O. The molecule has 0 fully saturated rings. The molecule has 0 aliphatic heterocycles. The highest BCUT2D eigenvalue weighted by Gasteiger charge is 2.21. The molecule has 2 aliphatic carbocycles. The van der Waals surface area contributed by atoms with E-state index in [9.17, 15) is 0 Å². The van der Waals surface area contributed by atoms with Gasteiger partial charge in [0.05, 0.1) is 0 Å². The van der Waals surface area contributed by atoms with E-state index < -0.39 is 0 Å². The van der Waals surface area contributed by atoms with E-state index in [4.69, 9.17) is 31.0 Å². The number of benzene rings is 3. The van der Waals surface area contributed by atoms with E-state index in [0.717, 1.165) is 39.5 Å². The van der Waals surface area contributed by atoms with Gasteiger partial charge < -0.3 is 4.42 Å². The van der Waals surface area contributed by atoms with Crippen molar-refractivity contribution in [2.24, 2.45) is 5.92 Å². The lowest BCUT2D eigenvalue weighted by molar-refractivity contribution is 0.669. The van der Waals surface area contributed by atoms with Crippen molar-refractivity contribution in [3.05, 3.63) is 120 Å². The molecule has 1 atom stereocenters. The molecule has 2 aromatic heterocycles. The number of aromatic nitrogens is 3. The molecule has 7 rings (SSSR count). The second kappa shape index (κ2) is 8.43. The summed E-state index contributed by atoms with van der Waals surface area (Å²) in [6.45, 7) is 0. The fourth-order valence-corrected chi connectivity index (χ4v) is 5.16. The summed E-state index contributed by atoms with van der Waals surface area (Å²) < 4.78 is 6.13. The van der Waals surface area contributed by atoms with Gasteiger partial charge in [0.25, 0.3) is 0 Å². The number of allylic oxidation sites excluding steroid dienone is 8. The van der Waals surface area contributed by atoms with Crippen LogP contribution in [0.25, 0.3) is 50.3 Å². The topological polar surface area (TPSA) is 51.8 Å². The van der Waals surface area contributed by atoms with Gasteiger partial charge in [-0.2, -0.15) is 0 Å². The minimum Gasteiger partial charge on any atom is -0.456 e. The number of halogens is 1. The van der Waals surface area contributed by atoms with Crippen molar-refractivity contribution in [3.8, 4) is 22.8 Å². The predicted molar refractivity (Wildman–Crippen MR) is 145 cm³/mol. The molecule has 1 unspecified atom stereocenters. The van der Waals surface area contributed by atoms with Crippen molar-refractivity contribution in [2.45, 2.75) is 6.42 Å². The smallest absolute Gasteiger partial charge is 0.164 e. The molecule has 0 spiro atoms. The highest BCUT2D eigenvalue weighted by molar-refractivity contribution is 6.32. The van der Waals surface area contributed by atoms with Gasteiger partial charge in [0.2, 0.25) is 0 Å². The average Bonchev–Trinajstić information content (AvgIpc) is 3.30. The highest BCUT2D eigenvalue weighted by Crippen LogP contribution is 2.39. The zero-order valence-electron chi connectivity index (χ0n) is 19.2. The van der Waals surface area contributed by atoms with Crippen molar-refractivity contribution in [2.75, 3.05) is 0 Å². The van der Waals surface area contributed by atoms with Gasteiger partial charge in [0.1, 0.15) is 11.2 Å². The molecule has 0 saturated carbocycles. The Labute approximate surface area is 213 Å². The lowest BCUT2D eigenvalue weighted by Crippen LogP contribution is -2.08. The number of rotatable bonds is 3. The van der Waals surface area contributed by atoms with Gasteiger partial charge in [-0.3, -0.25) is 0 Å². The minimum absolute atomic E-state index is 0.401. The summed E-state index contributed by atoms with van der Waals surface area (Å²) in [5.74, 6) is 2.24. The van der Waals surface area contributed by atoms with Crippen LogP contribution in [-0.2, 0) is 0 Å². The second-order valence-corrected chi connectivity index (χ2v) is 9.42. The fourth-order valence-electron chi connectivity index (χ4n) is 4.96. The number of para-hydroxylation sites is 1. The monoisotopic (exact) mass is 485 g/mol. The molecule has 2 heterocycles. The Morgan fingerprint density at radius 1 is 0.806 bits per heavy atom. The maximum atomic E-state index is 6.56. The third-order valence-electron chi connectivity index (χ3n) is 6.69. The zero-order chi connectivity index (χ0) is 24.1. The van der Waals surface area contributed by atoms with E-state index in [1.165, 1.54) is 5.57 Å². The van der Waals surface area contributed by atoms with Gasteiger partial charge in [-0.05, 0) is 30.2 Å². The maximum Gasteiger partial charge on any atom is 0.164 e. The van der Waals surface area contributed by atoms with Gasteiger partial charge >= 0.3 is 0 Å². The van der Waals surface area contributed by atoms with Crippen LogP contribution in [0, 0.1) is 5.92 Å².